The smallest absolute Gasteiger partial charge is 0.240 e. The molecule has 7 nitrogen and oxygen atoms in total. The van der Waals surface area contributed by atoms with Gasteiger partial charge in [-0.25, -0.2) is 0 Å². The third-order valence-electron chi connectivity index (χ3n) is 7.00. The van der Waals surface area contributed by atoms with Crippen LogP contribution in [-0.4, -0.2) is 58.1 Å². The Hall–Kier alpha value is -2.25. The number of carbonyl (C=O) groups excluding carboxylic acids is 1. The average Bonchev–Trinajstić information content (AvgIpc) is 3.19. The van der Waals surface area contributed by atoms with E-state index in [4.69, 9.17) is 9.26 Å². The number of nitrogens with zero attached hydrogens (tertiary/aromatic N) is 4. The van der Waals surface area contributed by atoms with Crippen molar-refractivity contribution in [1.29, 1.82) is 0 Å². The molecule has 30 heavy (non-hydrogen) atoms. The molecule has 3 aliphatic heterocycles. The third-order valence-corrected chi connectivity index (χ3v) is 7.00. The maximum absolute atomic E-state index is 13.0. The van der Waals surface area contributed by atoms with Gasteiger partial charge < -0.3 is 14.2 Å². The molecule has 0 radical (unpaired) electrons. The number of piperidine rings is 3. The number of carbonyl (C=O) groups is 1. The van der Waals surface area contributed by atoms with Crippen LogP contribution < -0.4 is 0 Å². The fourth-order valence-corrected chi connectivity index (χ4v) is 5.85. The van der Waals surface area contributed by atoms with Crippen molar-refractivity contribution in [3.05, 3.63) is 47.6 Å². The van der Waals surface area contributed by atoms with Crippen LogP contribution in [0, 0.1) is 11.8 Å². The second kappa shape index (κ2) is 8.47. The van der Waals surface area contributed by atoms with Crippen molar-refractivity contribution in [3.8, 4) is 0 Å². The Morgan fingerprint density at radius 1 is 1.20 bits per heavy atom. The Morgan fingerprint density at radius 2 is 2.03 bits per heavy atom. The van der Waals surface area contributed by atoms with Gasteiger partial charge in [-0.3, -0.25) is 9.69 Å². The van der Waals surface area contributed by atoms with Crippen molar-refractivity contribution in [2.75, 3.05) is 20.2 Å². The van der Waals surface area contributed by atoms with Crippen LogP contribution in [0.25, 0.3) is 0 Å². The molecule has 0 spiro atoms. The highest BCUT2D eigenvalue weighted by atomic mass is 16.5. The van der Waals surface area contributed by atoms with E-state index in [1.165, 1.54) is 12.0 Å². The SMILES string of the molecule is COCc1noc(CN2C[C@H]3C[C@@H](C2)[C@H](Cc2ccccc2)N2C(=O)CCC[C@@H]32)n1. The molecule has 1 aromatic heterocycles. The van der Waals surface area contributed by atoms with Gasteiger partial charge in [0.2, 0.25) is 11.8 Å². The van der Waals surface area contributed by atoms with Crippen LogP contribution in [0.3, 0.4) is 0 Å². The summed E-state index contributed by atoms with van der Waals surface area (Å²) in [7, 11) is 1.63. The molecule has 4 atom stereocenters. The fraction of sp³-hybridized carbons (Fsp3) is 0.609. The van der Waals surface area contributed by atoms with Crippen LogP contribution in [0.5, 0.6) is 0 Å². The van der Waals surface area contributed by atoms with E-state index in [9.17, 15) is 4.79 Å². The van der Waals surface area contributed by atoms with Gasteiger partial charge in [0.15, 0.2) is 5.82 Å². The molecule has 160 valence electrons. The molecule has 7 heteroatoms. The molecule has 3 aliphatic rings. The Bertz CT molecular complexity index is 870. The lowest BCUT2D eigenvalue weighted by molar-refractivity contribution is -0.153. The molecule has 3 saturated heterocycles. The summed E-state index contributed by atoms with van der Waals surface area (Å²) in [5.74, 6) is 2.61. The highest BCUT2D eigenvalue weighted by Gasteiger charge is 2.49. The van der Waals surface area contributed by atoms with Crippen LogP contribution in [0.4, 0.5) is 0 Å². The lowest BCUT2D eigenvalue weighted by atomic mass is 9.71. The van der Waals surface area contributed by atoms with Crippen LogP contribution in [0.2, 0.25) is 0 Å². The molecule has 3 fully saturated rings. The number of hydrogen-bond acceptors (Lipinski definition) is 6. The fourth-order valence-electron chi connectivity index (χ4n) is 5.85. The van der Waals surface area contributed by atoms with Crippen molar-refractivity contribution in [3.63, 3.8) is 0 Å². The van der Waals surface area contributed by atoms with Gasteiger partial charge >= 0.3 is 0 Å². The second-order valence-corrected chi connectivity index (χ2v) is 9.00. The van der Waals surface area contributed by atoms with E-state index in [1.54, 1.807) is 7.11 Å². The summed E-state index contributed by atoms with van der Waals surface area (Å²) in [6.45, 7) is 2.99. The Balaban J connectivity index is 1.36. The zero-order valence-corrected chi connectivity index (χ0v) is 17.6. The molecule has 1 amide bonds. The summed E-state index contributed by atoms with van der Waals surface area (Å²) in [5, 5.41) is 4.00. The molecule has 0 aliphatic carbocycles. The van der Waals surface area contributed by atoms with E-state index in [0.717, 1.165) is 32.4 Å². The Labute approximate surface area is 177 Å². The first-order chi connectivity index (χ1) is 14.7. The van der Waals surface area contributed by atoms with E-state index in [2.05, 4.69) is 50.3 Å². The van der Waals surface area contributed by atoms with Gasteiger partial charge in [0, 0.05) is 38.7 Å². The van der Waals surface area contributed by atoms with Crippen molar-refractivity contribution in [2.45, 2.75) is 57.3 Å². The zero-order valence-electron chi connectivity index (χ0n) is 17.6. The maximum Gasteiger partial charge on any atom is 0.240 e. The van der Waals surface area contributed by atoms with Crippen LogP contribution in [0.15, 0.2) is 34.9 Å². The predicted molar refractivity (Wildman–Crippen MR) is 110 cm³/mol. The van der Waals surface area contributed by atoms with Crippen LogP contribution in [-0.2, 0) is 29.1 Å². The molecule has 0 N–H and O–H groups in total. The summed E-state index contributed by atoms with van der Waals surface area (Å²) in [6.07, 6.45) is 4.99. The van der Waals surface area contributed by atoms with Gasteiger partial charge in [-0.05, 0) is 43.1 Å². The molecule has 2 bridgehead atoms. The van der Waals surface area contributed by atoms with Crippen LogP contribution in [0.1, 0.15) is 43.0 Å². The summed E-state index contributed by atoms with van der Waals surface area (Å²) < 4.78 is 10.5. The van der Waals surface area contributed by atoms with E-state index in [0.29, 0.717) is 55.1 Å². The van der Waals surface area contributed by atoms with Gasteiger partial charge in [-0.15, -0.1) is 0 Å². The Kier molecular flexibility index (Phi) is 5.56. The minimum atomic E-state index is 0.274. The molecule has 0 saturated carbocycles. The first-order valence-electron chi connectivity index (χ1n) is 11.1. The average molecular weight is 411 g/mol. The highest BCUT2D eigenvalue weighted by molar-refractivity contribution is 5.78. The van der Waals surface area contributed by atoms with E-state index in [1.807, 2.05) is 0 Å². The number of rotatable bonds is 6. The summed E-state index contributed by atoms with van der Waals surface area (Å²) >= 11 is 0. The number of amides is 1. The topological polar surface area (TPSA) is 71.7 Å². The molecular weight excluding hydrogens is 380 g/mol. The highest BCUT2D eigenvalue weighted by Crippen LogP contribution is 2.42. The number of methoxy groups -OCH3 is 1. The molecule has 0 unspecified atom stereocenters. The van der Waals surface area contributed by atoms with Gasteiger partial charge in [0.05, 0.1) is 6.54 Å². The van der Waals surface area contributed by atoms with Crippen LogP contribution >= 0.6 is 0 Å². The monoisotopic (exact) mass is 410 g/mol. The summed E-state index contributed by atoms with van der Waals surface area (Å²) in [4.78, 5) is 22.2. The maximum atomic E-state index is 13.0. The zero-order chi connectivity index (χ0) is 20.5. The summed E-state index contributed by atoms with van der Waals surface area (Å²) in [5.41, 5.74) is 1.32. The lowest BCUT2D eigenvalue weighted by Gasteiger charge is -2.56. The number of aromatic nitrogens is 2. The molecule has 4 heterocycles. The van der Waals surface area contributed by atoms with E-state index < -0.39 is 0 Å². The molecule has 5 rings (SSSR count). The quantitative estimate of drug-likeness (QED) is 0.729. The van der Waals surface area contributed by atoms with Crippen molar-refractivity contribution < 1.29 is 14.1 Å². The van der Waals surface area contributed by atoms with Gasteiger partial charge in [0.25, 0.3) is 0 Å². The first-order valence-corrected chi connectivity index (χ1v) is 11.1. The number of benzene rings is 1. The molecular formula is C23H30N4O3. The number of likely N-dealkylation sites (tertiary alicyclic amines) is 1. The minimum Gasteiger partial charge on any atom is -0.377 e. The van der Waals surface area contributed by atoms with Crippen molar-refractivity contribution in [2.24, 2.45) is 11.8 Å². The lowest BCUT2D eigenvalue weighted by Crippen LogP contribution is -2.65. The van der Waals surface area contributed by atoms with Crippen molar-refractivity contribution >= 4 is 5.91 Å². The standard InChI is InChI=1S/C23H30N4O3/c1-29-15-21-24-22(30-25-21)14-26-12-17-11-18(13-26)20(10-16-6-3-2-4-7-16)27-19(17)8-5-9-23(27)28/h2-4,6-7,17-20H,5,8-15H2,1H3/t17-,18+,19+,20+/m1/s1. The first kappa shape index (κ1) is 19.7. The normalized spacial score (nSPS) is 29.1. The van der Waals surface area contributed by atoms with Gasteiger partial charge in [-0.1, -0.05) is 35.5 Å². The predicted octanol–water partition coefficient (Wildman–Crippen LogP) is 2.66. The largest absolute Gasteiger partial charge is 0.377 e. The number of hydrogen-bond donors (Lipinski definition) is 0. The minimum absolute atomic E-state index is 0.274. The molecule has 2 aromatic rings. The Morgan fingerprint density at radius 3 is 2.87 bits per heavy atom. The van der Waals surface area contributed by atoms with E-state index >= 15 is 0 Å². The number of fused-ring (bicyclic) bond motifs is 4. The molecule has 1 aromatic carbocycles. The van der Waals surface area contributed by atoms with Gasteiger partial charge in [0.1, 0.15) is 6.61 Å². The third kappa shape index (κ3) is 3.88. The summed E-state index contributed by atoms with van der Waals surface area (Å²) in [6, 6.07) is 11.3. The van der Waals surface area contributed by atoms with Crippen molar-refractivity contribution in [1.82, 2.24) is 19.9 Å². The van der Waals surface area contributed by atoms with Gasteiger partial charge in [-0.2, -0.15) is 4.98 Å². The second-order valence-electron chi connectivity index (χ2n) is 9.00. The number of ether oxygens (including phenoxy) is 1. The van der Waals surface area contributed by atoms with E-state index in [-0.39, 0.29) is 6.04 Å².